The number of nitrogens with zero attached hydrogens (tertiary/aromatic N) is 3. The van der Waals surface area contributed by atoms with E-state index in [0.717, 1.165) is 29.5 Å². The lowest BCUT2D eigenvalue weighted by Gasteiger charge is -2.32. The first-order chi connectivity index (χ1) is 23.0. The largest absolute Gasteiger partial charge is 0.418 e. The third kappa shape index (κ3) is 8.26. The molecule has 4 aromatic rings. The lowest BCUT2D eigenvalue weighted by Crippen LogP contribution is -2.55. The maximum Gasteiger partial charge on any atom is 0.286 e. The van der Waals surface area contributed by atoms with Crippen LogP contribution in [0.25, 0.3) is 0 Å². The molecule has 11 nitrogen and oxygen atoms in total. The molecule has 0 saturated carbocycles. The SMILES string of the molecule is Cc1cccc(Cc2nnc(C(=O)[C@@H](NC(=O)CN(CC3CCc4ccccc43)C(=O)[C@@H](NC(=O)c3ccc[nH]3)C(C)C)C(C)C)o2)c1. The topological polar surface area (TPSA) is 150 Å². The van der Waals surface area contributed by atoms with Gasteiger partial charge in [0.1, 0.15) is 11.7 Å². The van der Waals surface area contributed by atoms with Crippen molar-refractivity contribution in [2.24, 2.45) is 11.8 Å². The number of aryl methyl sites for hydroxylation is 2. The Labute approximate surface area is 280 Å². The maximum atomic E-state index is 14.2. The summed E-state index contributed by atoms with van der Waals surface area (Å²) >= 11 is 0. The van der Waals surface area contributed by atoms with Crippen LogP contribution in [0.4, 0.5) is 0 Å². The van der Waals surface area contributed by atoms with Crippen molar-refractivity contribution < 1.29 is 23.6 Å². The predicted molar refractivity (Wildman–Crippen MR) is 180 cm³/mol. The van der Waals surface area contributed by atoms with Crippen LogP contribution < -0.4 is 10.6 Å². The average molecular weight is 653 g/mol. The van der Waals surface area contributed by atoms with Crippen LogP contribution in [0.2, 0.25) is 0 Å². The van der Waals surface area contributed by atoms with Gasteiger partial charge in [-0.05, 0) is 60.4 Å². The number of nitrogens with one attached hydrogen (secondary N) is 3. The molecular formula is C37H44N6O5. The Balaban J connectivity index is 1.33. The fraction of sp³-hybridized carbons (Fsp3) is 0.405. The van der Waals surface area contributed by atoms with Crippen LogP contribution in [-0.2, 0) is 22.4 Å². The summed E-state index contributed by atoms with van der Waals surface area (Å²) in [5.41, 5.74) is 4.79. The summed E-state index contributed by atoms with van der Waals surface area (Å²) in [5, 5.41) is 13.8. The Morgan fingerprint density at radius 1 is 0.938 bits per heavy atom. The number of aromatic amines is 1. The smallest absolute Gasteiger partial charge is 0.286 e. The van der Waals surface area contributed by atoms with Gasteiger partial charge in [0.25, 0.3) is 11.8 Å². The number of aromatic nitrogens is 3. The van der Waals surface area contributed by atoms with Crippen LogP contribution in [0.15, 0.2) is 71.3 Å². The zero-order valence-electron chi connectivity index (χ0n) is 28.2. The highest BCUT2D eigenvalue weighted by atomic mass is 16.4. The van der Waals surface area contributed by atoms with Crippen LogP contribution in [0, 0.1) is 18.8 Å². The number of H-pyrrole nitrogens is 1. The molecule has 3 N–H and O–H groups in total. The van der Waals surface area contributed by atoms with E-state index in [2.05, 4.69) is 37.9 Å². The van der Waals surface area contributed by atoms with E-state index in [9.17, 15) is 19.2 Å². The molecule has 5 rings (SSSR count). The fourth-order valence-electron chi connectivity index (χ4n) is 6.22. The van der Waals surface area contributed by atoms with E-state index >= 15 is 0 Å². The summed E-state index contributed by atoms with van der Waals surface area (Å²) < 4.78 is 5.74. The third-order valence-corrected chi connectivity index (χ3v) is 8.79. The molecule has 2 heterocycles. The van der Waals surface area contributed by atoms with Gasteiger partial charge >= 0.3 is 0 Å². The number of carbonyl (C=O) groups is 4. The molecule has 3 amide bonds. The predicted octanol–water partition coefficient (Wildman–Crippen LogP) is 4.63. The van der Waals surface area contributed by atoms with Gasteiger partial charge in [0.15, 0.2) is 0 Å². The first-order valence-electron chi connectivity index (χ1n) is 16.5. The number of fused-ring (bicyclic) bond motifs is 1. The molecule has 2 aromatic carbocycles. The molecule has 2 aromatic heterocycles. The van der Waals surface area contributed by atoms with Crippen molar-refractivity contribution in [1.29, 1.82) is 0 Å². The van der Waals surface area contributed by atoms with Crippen molar-refractivity contribution in [2.45, 2.75) is 71.9 Å². The third-order valence-electron chi connectivity index (χ3n) is 8.79. The van der Waals surface area contributed by atoms with Gasteiger partial charge in [-0.2, -0.15) is 0 Å². The standard InChI is InChI=1S/C37H44N6O5/c1-22(2)32(34(45)36-42-41-31(48-36)19-25-11-8-10-24(5)18-25)39-30(44)21-43(20-27-16-15-26-12-6-7-13-28(26)27)37(47)33(23(3)4)40-35(46)29-14-9-17-38-29/h6-14,17-18,22-23,27,32-33,38H,15-16,19-21H2,1-5H3,(H,39,44)(H,40,46)/t27?,32-,33-/m0/s1. The summed E-state index contributed by atoms with van der Waals surface area (Å²) in [6, 6.07) is 17.5. The minimum Gasteiger partial charge on any atom is -0.418 e. The van der Waals surface area contributed by atoms with Gasteiger partial charge in [-0.3, -0.25) is 19.2 Å². The number of benzene rings is 2. The summed E-state index contributed by atoms with van der Waals surface area (Å²) in [6.45, 7) is 9.32. The first kappa shape index (κ1) is 34.3. The van der Waals surface area contributed by atoms with Crippen LogP contribution in [-0.4, -0.2) is 68.8 Å². The number of amides is 3. The molecule has 252 valence electrons. The van der Waals surface area contributed by atoms with Crippen molar-refractivity contribution in [3.05, 3.63) is 107 Å². The highest BCUT2D eigenvalue weighted by Crippen LogP contribution is 2.33. The highest BCUT2D eigenvalue weighted by molar-refractivity contribution is 6.00. The first-order valence-corrected chi connectivity index (χ1v) is 16.5. The molecule has 0 bridgehead atoms. The van der Waals surface area contributed by atoms with Gasteiger partial charge in [0.05, 0.1) is 19.0 Å². The number of rotatable bonds is 14. The molecule has 3 atom stereocenters. The molecule has 0 fully saturated rings. The van der Waals surface area contributed by atoms with Crippen molar-refractivity contribution >= 4 is 23.5 Å². The number of Topliss-reactive ketones (excluding diaryl/α,β-unsaturated/α-hetero) is 1. The molecule has 1 aliphatic rings. The number of hydrogen-bond donors (Lipinski definition) is 3. The Bertz CT molecular complexity index is 1740. The molecule has 0 spiro atoms. The number of hydrogen-bond acceptors (Lipinski definition) is 7. The van der Waals surface area contributed by atoms with E-state index in [0.29, 0.717) is 18.0 Å². The number of carbonyl (C=O) groups excluding carboxylic acids is 4. The van der Waals surface area contributed by atoms with Gasteiger partial charge in [0.2, 0.25) is 23.5 Å². The summed E-state index contributed by atoms with van der Waals surface area (Å²) in [5.74, 6) is -2.19. The number of ketones is 1. The lowest BCUT2D eigenvalue weighted by atomic mass is 9.98. The fourth-order valence-corrected chi connectivity index (χ4v) is 6.22. The molecule has 0 aliphatic heterocycles. The van der Waals surface area contributed by atoms with Gasteiger partial charge in [-0.25, -0.2) is 0 Å². The normalized spacial score (nSPS) is 15.2. The van der Waals surface area contributed by atoms with Gasteiger partial charge in [-0.1, -0.05) is 81.8 Å². The van der Waals surface area contributed by atoms with Crippen LogP contribution in [0.1, 0.15) is 89.4 Å². The second kappa shape index (κ2) is 15.2. The zero-order chi connectivity index (χ0) is 34.4. The quantitative estimate of drug-likeness (QED) is 0.168. The Morgan fingerprint density at radius 3 is 2.42 bits per heavy atom. The van der Waals surface area contributed by atoms with Crippen molar-refractivity contribution in [3.8, 4) is 0 Å². The van der Waals surface area contributed by atoms with Crippen molar-refractivity contribution in [3.63, 3.8) is 0 Å². The van der Waals surface area contributed by atoms with E-state index < -0.39 is 29.7 Å². The molecular weight excluding hydrogens is 608 g/mol. The Morgan fingerprint density at radius 2 is 1.71 bits per heavy atom. The second-order valence-electron chi connectivity index (χ2n) is 13.3. The second-order valence-corrected chi connectivity index (χ2v) is 13.3. The van der Waals surface area contributed by atoms with Crippen LogP contribution >= 0.6 is 0 Å². The van der Waals surface area contributed by atoms with Crippen LogP contribution in [0.3, 0.4) is 0 Å². The minimum atomic E-state index is -0.956. The summed E-state index contributed by atoms with van der Waals surface area (Å²) in [7, 11) is 0. The monoisotopic (exact) mass is 652 g/mol. The minimum absolute atomic E-state index is 0.0256. The lowest BCUT2D eigenvalue weighted by molar-refractivity contribution is -0.139. The van der Waals surface area contributed by atoms with Gasteiger partial charge in [-0.15, -0.1) is 10.2 Å². The summed E-state index contributed by atoms with van der Waals surface area (Å²) in [6.07, 6.45) is 3.73. The van der Waals surface area contributed by atoms with Crippen molar-refractivity contribution in [1.82, 2.24) is 30.7 Å². The molecule has 11 heteroatoms. The van der Waals surface area contributed by atoms with E-state index in [-0.39, 0.29) is 42.6 Å². The Kier molecular flexibility index (Phi) is 10.9. The van der Waals surface area contributed by atoms with E-state index in [1.54, 1.807) is 18.3 Å². The summed E-state index contributed by atoms with van der Waals surface area (Å²) in [4.78, 5) is 58.8. The van der Waals surface area contributed by atoms with E-state index in [1.165, 1.54) is 10.5 Å². The van der Waals surface area contributed by atoms with E-state index in [1.807, 2.05) is 71.0 Å². The molecule has 0 radical (unpaired) electrons. The van der Waals surface area contributed by atoms with Crippen LogP contribution in [0.5, 0.6) is 0 Å². The maximum absolute atomic E-state index is 14.2. The zero-order valence-corrected chi connectivity index (χ0v) is 28.2. The molecule has 48 heavy (non-hydrogen) atoms. The van der Waals surface area contributed by atoms with E-state index in [4.69, 9.17) is 4.42 Å². The molecule has 1 aliphatic carbocycles. The highest BCUT2D eigenvalue weighted by Gasteiger charge is 2.35. The average Bonchev–Trinajstić information content (AvgIpc) is 3.84. The van der Waals surface area contributed by atoms with Gasteiger partial charge < -0.3 is 24.9 Å². The van der Waals surface area contributed by atoms with Crippen molar-refractivity contribution in [2.75, 3.05) is 13.1 Å². The molecule has 1 unspecified atom stereocenters. The molecule has 0 saturated heterocycles. The Hall–Kier alpha value is -5.06. The van der Waals surface area contributed by atoms with Gasteiger partial charge in [0, 0.05) is 18.7 Å².